The number of hydrogen-bond donors (Lipinski definition) is 4. The molecule has 0 spiro atoms. The Bertz CT molecular complexity index is 1050. The molecule has 0 fully saturated rings. The van der Waals surface area contributed by atoms with Crippen LogP contribution in [0.4, 0.5) is 10.5 Å². The van der Waals surface area contributed by atoms with E-state index < -0.39 is 28.0 Å². The van der Waals surface area contributed by atoms with E-state index in [-0.39, 0.29) is 4.90 Å². The molecule has 0 aliphatic carbocycles. The fraction of sp³-hybridized carbons (Fsp3) is 0. The summed E-state index contributed by atoms with van der Waals surface area (Å²) in [6.45, 7) is 0. The van der Waals surface area contributed by atoms with E-state index in [4.69, 9.17) is 9.39 Å². The van der Waals surface area contributed by atoms with Crippen molar-refractivity contribution in [1.82, 2.24) is 4.73 Å². The van der Waals surface area contributed by atoms with Gasteiger partial charge in [-0.25, -0.2) is 4.79 Å². The fourth-order valence-corrected chi connectivity index (χ4v) is 2.76. The summed E-state index contributed by atoms with van der Waals surface area (Å²) in [6.07, 6.45) is -0.992. The van der Waals surface area contributed by atoms with Crippen LogP contribution in [0, 0.1) is 0 Å². The van der Waals surface area contributed by atoms with Crippen molar-refractivity contribution in [3.8, 4) is 11.8 Å². The standard InChI is InChI=1S/C15H12N2O7S/c18-13-6-7-14(19)17(13)24-15(20)16-12-3-1-2-9-8-10(25(21,22)23)4-5-11(9)12/h1-8,18-19H,(H,16,20)(H,21,22,23). The van der Waals surface area contributed by atoms with Crippen LogP contribution in [0.1, 0.15) is 0 Å². The van der Waals surface area contributed by atoms with Gasteiger partial charge in [0.05, 0.1) is 10.6 Å². The lowest BCUT2D eigenvalue weighted by atomic mass is 10.1. The van der Waals surface area contributed by atoms with Gasteiger partial charge >= 0.3 is 6.09 Å². The Kier molecular flexibility index (Phi) is 3.99. The van der Waals surface area contributed by atoms with Gasteiger partial charge in [-0.3, -0.25) is 9.87 Å². The second kappa shape index (κ2) is 6.00. The summed E-state index contributed by atoms with van der Waals surface area (Å²) >= 11 is 0. The van der Waals surface area contributed by atoms with E-state index in [1.807, 2.05) is 0 Å². The first-order valence-corrected chi connectivity index (χ1v) is 8.29. The Balaban J connectivity index is 1.90. The molecule has 4 N–H and O–H groups in total. The normalized spacial score (nSPS) is 11.4. The number of nitrogens with one attached hydrogen (secondary N) is 1. The zero-order valence-corrected chi connectivity index (χ0v) is 13.3. The lowest BCUT2D eigenvalue weighted by Crippen LogP contribution is -2.24. The summed E-state index contributed by atoms with van der Waals surface area (Å²) < 4.78 is 32.0. The van der Waals surface area contributed by atoms with E-state index in [1.54, 1.807) is 18.2 Å². The van der Waals surface area contributed by atoms with Crippen LogP contribution in [0.25, 0.3) is 10.8 Å². The average molecular weight is 364 g/mol. The minimum Gasteiger partial charge on any atom is -0.492 e. The lowest BCUT2D eigenvalue weighted by Gasteiger charge is -2.11. The summed E-state index contributed by atoms with van der Waals surface area (Å²) in [6, 6.07) is 10.8. The highest BCUT2D eigenvalue weighted by Crippen LogP contribution is 2.26. The number of benzene rings is 2. The van der Waals surface area contributed by atoms with Gasteiger partial charge in [-0.15, -0.1) is 4.73 Å². The molecule has 1 amide bonds. The minimum absolute atomic E-state index is 0.276. The first-order chi connectivity index (χ1) is 11.8. The van der Waals surface area contributed by atoms with Crippen molar-refractivity contribution in [2.45, 2.75) is 4.90 Å². The van der Waals surface area contributed by atoms with E-state index in [0.29, 0.717) is 21.2 Å². The number of rotatable bonds is 3. The van der Waals surface area contributed by atoms with E-state index >= 15 is 0 Å². The van der Waals surface area contributed by atoms with Crippen LogP contribution >= 0.6 is 0 Å². The molecular formula is C15H12N2O7S. The maximum Gasteiger partial charge on any atom is 0.436 e. The zero-order valence-electron chi connectivity index (χ0n) is 12.4. The topological polar surface area (TPSA) is 138 Å². The van der Waals surface area contributed by atoms with Crippen LogP contribution < -0.4 is 10.2 Å². The smallest absolute Gasteiger partial charge is 0.436 e. The number of carbonyl (C=O) groups excluding carboxylic acids is 1. The SMILES string of the molecule is O=C(Nc1cccc2cc(S(=O)(=O)O)ccc12)On1c(O)ccc1O. The molecule has 0 aliphatic heterocycles. The van der Waals surface area contributed by atoms with Gasteiger partial charge in [-0.05, 0) is 23.6 Å². The Labute approximate surface area is 141 Å². The first-order valence-electron chi connectivity index (χ1n) is 6.85. The number of anilines is 1. The number of hydrogen-bond acceptors (Lipinski definition) is 6. The number of aromatic nitrogens is 1. The van der Waals surface area contributed by atoms with E-state index in [9.17, 15) is 23.4 Å². The van der Waals surface area contributed by atoms with Crippen LogP contribution in [0.2, 0.25) is 0 Å². The summed E-state index contributed by atoms with van der Waals surface area (Å²) in [7, 11) is -4.34. The van der Waals surface area contributed by atoms with Crippen LogP contribution in [0.5, 0.6) is 11.8 Å². The number of aromatic hydroxyl groups is 2. The quantitative estimate of drug-likeness (QED) is 0.521. The molecule has 10 heteroatoms. The summed E-state index contributed by atoms with van der Waals surface area (Å²) in [4.78, 5) is 16.4. The minimum atomic E-state index is -4.34. The monoisotopic (exact) mass is 364 g/mol. The molecule has 9 nitrogen and oxygen atoms in total. The van der Waals surface area contributed by atoms with Crippen LogP contribution in [0.3, 0.4) is 0 Å². The Morgan fingerprint density at radius 2 is 1.72 bits per heavy atom. The van der Waals surface area contributed by atoms with E-state index in [1.165, 1.54) is 18.2 Å². The third kappa shape index (κ3) is 3.34. The molecule has 25 heavy (non-hydrogen) atoms. The van der Waals surface area contributed by atoms with Crippen LogP contribution in [0.15, 0.2) is 53.4 Å². The van der Waals surface area contributed by atoms with Crippen molar-refractivity contribution in [2.75, 3.05) is 5.32 Å². The van der Waals surface area contributed by atoms with Crippen molar-refractivity contribution >= 4 is 32.7 Å². The molecule has 0 bridgehead atoms. The molecule has 0 radical (unpaired) electrons. The van der Waals surface area contributed by atoms with Crippen molar-refractivity contribution < 1.29 is 32.8 Å². The molecule has 2 aromatic carbocycles. The zero-order chi connectivity index (χ0) is 18.2. The van der Waals surface area contributed by atoms with Gasteiger partial charge in [0.25, 0.3) is 10.1 Å². The molecule has 0 unspecified atom stereocenters. The highest BCUT2D eigenvalue weighted by atomic mass is 32.2. The number of fused-ring (bicyclic) bond motifs is 1. The fourth-order valence-electron chi connectivity index (χ4n) is 2.24. The maximum absolute atomic E-state index is 11.9. The highest BCUT2D eigenvalue weighted by Gasteiger charge is 2.15. The third-order valence-corrected chi connectivity index (χ3v) is 4.21. The highest BCUT2D eigenvalue weighted by molar-refractivity contribution is 7.85. The van der Waals surface area contributed by atoms with E-state index in [0.717, 1.165) is 12.1 Å². The van der Waals surface area contributed by atoms with Crippen molar-refractivity contribution in [1.29, 1.82) is 0 Å². The number of amides is 1. The van der Waals surface area contributed by atoms with Crippen molar-refractivity contribution in [3.05, 3.63) is 48.5 Å². The molecule has 1 aromatic heterocycles. The van der Waals surface area contributed by atoms with Gasteiger partial charge in [0.15, 0.2) is 0 Å². The predicted molar refractivity (Wildman–Crippen MR) is 87.1 cm³/mol. The predicted octanol–water partition coefficient (Wildman–Crippen LogP) is 1.96. The Morgan fingerprint density at radius 3 is 2.36 bits per heavy atom. The molecule has 3 aromatic rings. The molecule has 130 valence electrons. The largest absolute Gasteiger partial charge is 0.492 e. The second-order valence-electron chi connectivity index (χ2n) is 5.01. The third-order valence-electron chi connectivity index (χ3n) is 3.36. The van der Waals surface area contributed by atoms with Gasteiger partial charge < -0.3 is 15.1 Å². The molecule has 0 aliphatic rings. The van der Waals surface area contributed by atoms with Gasteiger partial charge in [0.2, 0.25) is 11.8 Å². The molecule has 3 rings (SSSR count). The van der Waals surface area contributed by atoms with Gasteiger partial charge in [0.1, 0.15) is 0 Å². The van der Waals surface area contributed by atoms with E-state index in [2.05, 4.69) is 5.32 Å². The average Bonchev–Trinajstić information content (AvgIpc) is 2.86. The van der Waals surface area contributed by atoms with Gasteiger partial charge in [-0.2, -0.15) is 8.42 Å². The molecule has 0 saturated heterocycles. The first kappa shape index (κ1) is 16.6. The van der Waals surface area contributed by atoms with Crippen LogP contribution in [-0.2, 0) is 10.1 Å². The molecule has 0 saturated carbocycles. The van der Waals surface area contributed by atoms with Gasteiger partial charge in [0, 0.05) is 17.5 Å². The molecular weight excluding hydrogens is 352 g/mol. The molecule has 0 atom stereocenters. The number of carbonyl (C=O) groups is 1. The summed E-state index contributed by atoms with van der Waals surface area (Å²) in [5, 5.41) is 22.3. The van der Waals surface area contributed by atoms with Crippen LogP contribution in [-0.4, -0.2) is 34.0 Å². The summed E-state index contributed by atoms with van der Waals surface area (Å²) in [5.74, 6) is -0.938. The Morgan fingerprint density at radius 1 is 1.04 bits per heavy atom. The summed E-state index contributed by atoms with van der Waals surface area (Å²) in [5.41, 5.74) is 0.301. The molecule has 1 heterocycles. The maximum atomic E-state index is 11.9. The van der Waals surface area contributed by atoms with Gasteiger partial charge in [-0.1, -0.05) is 18.2 Å². The Hall–Kier alpha value is -3.24. The second-order valence-corrected chi connectivity index (χ2v) is 6.43. The van der Waals surface area contributed by atoms with Crippen molar-refractivity contribution in [2.24, 2.45) is 0 Å². The lowest BCUT2D eigenvalue weighted by molar-refractivity contribution is 0.120. The van der Waals surface area contributed by atoms with Crippen molar-refractivity contribution in [3.63, 3.8) is 0 Å². The number of nitrogens with zero attached hydrogens (tertiary/aromatic N) is 1.